The first kappa shape index (κ1) is 18.6. The van der Waals surface area contributed by atoms with Gasteiger partial charge < -0.3 is 9.47 Å². The smallest absolute Gasteiger partial charge is 0.216 e. The Morgan fingerprint density at radius 3 is 2.42 bits per heavy atom. The zero-order valence-electron chi connectivity index (χ0n) is 13.5. The summed E-state index contributed by atoms with van der Waals surface area (Å²) in [6.45, 7) is 1.97. The van der Waals surface area contributed by atoms with Crippen LogP contribution in [-0.4, -0.2) is 28.2 Å². The number of methoxy groups -OCH3 is 1. The van der Waals surface area contributed by atoms with E-state index in [9.17, 15) is 8.42 Å². The third-order valence-corrected chi connectivity index (χ3v) is 4.90. The highest BCUT2D eigenvalue weighted by molar-refractivity contribution is 7.88. The number of halogens is 1. The minimum atomic E-state index is -3.47. The molecule has 0 saturated heterocycles. The summed E-state index contributed by atoms with van der Waals surface area (Å²) in [7, 11) is -1.88. The van der Waals surface area contributed by atoms with E-state index in [2.05, 4.69) is 4.72 Å². The quantitative estimate of drug-likeness (QED) is 0.775. The van der Waals surface area contributed by atoms with Gasteiger partial charge in [-0.1, -0.05) is 23.7 Å². The van der Waals surface area contributed by atoms with E-state index in [0.717, 1.165) is 5.75 Å². The minimum Gasteiger partial charge on any atom is -0.497 e. The second-order valence-corrected chi connectivity index (χ2v) is 7.58. The molecular weight excluding hydrogens is 350 g/mol. The summed E-state index contributed by atoms with van der Waals surface area (Å²) in [6, 6.07) is 13.5. The van der Waals surface area contributed by atoms with Crippen LogP contribution in [0, 0.1) is 0 Å². The van der Waals surface area contributed by atoms with Gasteiger partial charge in [0.25, 0.3) is 0 Å². The molecule has 0 aliphatic carbocycles. The SMILES string of the molecule is COc1ccc(OC[C@@H](C)NS(=O)(=O)Cc2cccc(Cl)c2)cc1. The predicted octanol–water partition coefficient (Wildman–Crippen LogP) is 3.24. The third-order valence-electron chi connectivity index (χ3n) is 3.19. The van der Waals surface area contributed by atoms with Gasteiger partial charge in [0.15, 0.2) is 0 Å². The van der Waals surface area contributed by atoms with E-state index in [-0.39, 0.29) is 18.4 Å². The fourth-order valence-electron chi connectivity index (χ4n) is 2.12. The first-order chi connectivity index (χ1) is 11.4. The number of sulfonamides is 1. The summed E-state index contributed by atoms with van der Waals surface area (Å²) in [5.74, 6) is 1.26. The third kappa shape index (κ3) is 6.03. The number of rotatable bonds is 8. The predicted molar refractivity (Wildman–Crippen MR) is 95.2 cm³/mol. The van der Waals surface area contributed by atoms with Crippen LogP contribution in [0.4, 0.5) is 0 Å². The van der Waals surface area contributed by atoms with Crippen molar-refractivity contribution in [1.82, 2.24) is 4.72 Å². The first-order valence-corrected chi connectivity index (χ1v) is 9.42. The molecule has 0 fully saturated rings. The summed E-state index contributed by atoms with van der Waals surface area (Å²) >= 11 is 5.87. The molecule has 1 atom stereocenters. The van der Waals surface area contributed by atoms with Crippen molar-refractivity contribution in [3.8, 4) is 11.5 Å². The number of nitrogens with one attached hydrogen (secondary N) is 1. The van der Waals surface area contributed by atoms with E-state index in [1.165, 1.54) is 0 Å². The van der Waals surface area contributed by atoms with Gasteiger partial charge in [-0.3, -0.25) is 0 Å². The Hall–Kier alpha value is -1.76. The average molecular weight is 370 g/mol. The molecule has 2 rings (SSSR count). The standard InChI is InChI=1S/C17H20ClNO4S/c1-13(11-23-17-8-6-16(22-2)7-9-17)19-24(20,21)12-14-4-3-5-15(18)10-14/h3-10,13,19H,11-12H2,1-2H3/t13-/m1/s1. The van der Waals surface area contributed by atoms with Crippen LogP contribution in [0.25, 0.3) is 0 Å². The Balaban J connectivity index is 1.86. The van der Waals surface area contributed by atoms with Crippen molar-refractivity contribution in [3.63, 3.8) is 0 Å². The van der Waals surface area contributed by atoms with Gasteiger partial charge in [0, 0.05) is 5.02 Å². The highest BCUT2D eigenvalue weighted by Gasteiger charge is 2.16. The zero-order valence-corrected chi connectivity index (χ0v) is 15.1. The molecule has 0 aliphatic rings. The molecule has 2 aromatic carbocycles. The molecule has 0 amide bonds. The molecule has 1 N–H and O–H groups in total. The van der Waals surface area contributed by atoms with Gasteiger partial charge in [0.1, 0.15) is 18.1 Å². The second-order valence-electron chi connectivity index (χ2n) is 5.39. The highest BCUT2D eigenvalue weighted by atomic mass is 35.5. The largest absolute Gasteiger partial charge is 0.497 e. The van der Waals surface area contributed by atoms with Gasteiger partial charge in [-0.05, 0) is 48.9 Å². The highest BCUT2D eigenvalue weighted by Crippen LogP contribution is 2.17. The fraction of sp³-hybridized carbons (Fsp3) is 0.294. The lowest BCUT2D eigenvalue weighted by molar-refractivity contribution is 0.287. The Morgan fingerprint density at radius 2 is 1.79 bits per heavy atom. The van der Waals surface area contributed by atoms with Crippen molar-refractivity contribution >= 4 is 21.6 Å². The number of hydrogen-bond acceptors (Lipinski definition) is 4. The van der Waals surface area contributed by atoms with E-state index >= 15 is 0 Å². The molecular formula is C17H20ClNO4S. The topological polar surface area (TPSA) is 64.6 Å². The van der Waals surface area contributed by atoms with E-state index < -0.39 is 10.0 Å². The summed E-state index contributed by atoms with van der Waals surface area (Å²) in [6.07, 6.45) is 0. The van der Waals surface area contributed by atoms with Crippen molar-refractivity contribution in [1.29, 1.82) is 0 Å². The van der Waals surface area contributed by atoms with Crippen LogP contribution in [0.15, 0.2) is 48.5 Å². The Kier molecular flexibility index (Phi) is 6.48. The molecule has 0 radical (unpaired) electrons. The van der Waals surface area contributed by atoms with Crippen molar-refractivity contribution < 1.29 is 17.9 Å². The fourth-order valence-corrected chi connectivity index (χ4v) is 3.72. The van der Waals surface area contributed by atoms with Crippen molar-refractivity contribution in [2.75, 3.05) is 13.7 Å². The van der Waals surface area contributed by atoms with E-state index in [1.54, 1.807) is 62.6 Å². The molecule has 0 aliphatic heterocycles. The minimum absolute atomic E-state index is 0.125. The van der Waals surface area contributed by atoms with Gasteiger partial charge in [0.05, 0.1) is 18.9 Å². The molecule has 130 valence electrons. The lowest BCUT2D eigenvalue weighted by atomic mass is 10.2. The summed E-state index contributed by atoms with van der Waals surface area (Å²) in [5.41, 5.74) is 0.637. The Labute approximate surface area is 147 Å². The van der Waals surface area contributed by atoms with Crippen molar-refractivity contribution in [3.05, 3.63) is 59.1 Å². The number of benzene rings is 2. The molecule has 0 saturated carbocycles. The maximum atomic E-state index is 12.2. The molecule has 7 heteroatoms. The van der Waals surface area contributed by atoms with Gasteiger partial charge in [-0.25, -0.2) is 13.1 Å². The maximum Gasteiger partial charge on any atom is 0.216 e. The van der Waals surface area contributed by atoms with Gasteiger partial charge in [0.2, 0.25) is 10.0 Å². The molecule has 2 aromatic rings. The van der Waals surface area contributed by atoms with Crippen LogP contribution in [-0.2, 0) is 15.8 Å². The molecule has 0 unspecified atom stereocenters. The number of hydrogen-bond donors (Lipinski definition) is 1. The number of ether oxygens (including phenoxy) is 2. The van der Waals surface area contributed by atoms with Crippen molar-refractivity contribution in [2.24, 2.45) is 0 Å². The van der Waals surface area contributed by atoms with Crippen LogP contribution >= 0.6 is 11.6 Å². The summed E-state index contributed by atoms with van der Waals surface area (Å²) < 4.78 is 37.6. The Morgan fingerprint density at radius 1 is 1.12 bits per heavy atom. The zero-order chi connectivity index (χ0) is 17.6. The van der Waals surface area contributed by atoms with Gasteiger partial charge in [-0.2, -0.15) is 0 Å². The van der Waals surface area contributed by atoms with Crippen molar-refractivity contribution in [2.45, 2.75) is 18.7 Å². The summed E-state index contributed by atoms with van der Waals surface area (Å²) in [4.78, 5) is 0. The second kappa shape index (κ2) is 8.37. The van der Waals surface area contributed by atoms with E-state index in [0.29, 0.717) is 16.3 Å². The normalized spacial score (nSPS) is 12.6. The van der Waals surface area contributed by atoms with E-state index in [4.69, 9.17) is 21.1 Å². The summed E-state index contributed by atoms with van der Waals surface area (Å²) in [5, 5.41) is 0.513. The van der Waals surface area contributed by atoms with Crippen LogP contribution in [0.3, 0.4) is 0 Å². The molecule has 24 heavy (non-hydrogen) atoms. The lowest BCUT2D eigenvalue weighted by Crippen LogP contribution is -2.37. The average Bonchev–Trinajstić information content (AvgIpc) is 2.52. The molecule has 0 spiro atoms. The van der Waals surface area contributed by atoms with Crippen LogP contribution in [0.1, 0.15) is 12.5 Å². The van der Waals surface area contributed by atoms with E-state index in [1.807, 2.05) is 0 Å². The Bertz CT molecular complexity index is 762. The molecule has 5 nitrogen and oxygen atoms in total. The van der Waals surface area contributed by atoms with Gasteiger partial charge >= 0.3 is 0 Å². The maximum absolute atomic E-state index is 12.2. The van der Waals surface area contributed by atoms with Crippen LogP contribution < -0.4 is 14.2 Å². The van der Waals surface area contributed by atoms with Gasteiger partial charge in [-0.15, -0.1) is 0 Å². The molecule has 0 bridgehead atoms. The van der Waals surface area contributed by atoms with Crippen LogP contribution in [0.2, 0.25) is 5.02 Å². The first-order valence-electron chi connectivity index (χ1n) is 7.39. The molecule has 0 heterocycles. The monoisotopic (exact) mass is 369 g/mol. The van der Waals surface area contributed by atoms with Crippen LogP contribution in [0.5, 0.6) is 11.5 Å². The molecule has 0 aromatic heterocycles. The lowest BCUT2D eigenvalue weighted by Gasteiger charge is -2.15.